The van der Waals surface area contributed by atoms with Gasteiger partial charge in [-0.15, -0.1) is 0 Å². The van der Waals surface area contributed by atoms with Crippen LogP contribution in [0.5, 0.6) is 0 Å². The summed E-state index contributed by atoms with van der Waals surface area (Å²) in [5, 5.41) is 4.44. The third kappa shape index (κ3) is 12.6. The second kappa shape index (κ2) is 28.0. The van der Waals surface area contributed by atoms with Crippen molar-refractivity contribution in [2.45, 2.75) is 131 Å². The highest BCUT2D eigenvalue weighted by Crippen LogP contribution is 2.53. The smallest absolute Gasteiger partial charge is 0.252 e. The summed E-state index contributed by atoms with van der Waals surface area (Å²) in [7, 11) is 0. The lowest BCUT2D eigenvalue weighted by atomic mass is 9.33. The quantitative estimate of drug-likeness (QED) is 0.128. The van der Waals surface area contributed by atoms with Gasteiger partial charge in [0.05, 0.1) is 61.1 Å². The van der Waals surface area contributed by atoms with E-state index in [1.807, 2.05) is 72.8 Å². The Labute approximate surface area is 727 Å². The summed E-state index contributed by atoms with van der Waals surface area (Å²) in [6.45, 7) is 33.3. The van der Waals surface area contributed by atoms with Crippen molar-refractivity contribution in [3.05, 3.63) is 355 Å². The van der Waals surface area contributed by atoms with Crippen LogP contribution >= 0.6 is 0 Å². The molecule has 594 valence electrons. The van der Waals surface area contributed by atoms with E-state index in [1.54, 1.807) is 4.57 Å². The molecule has 0 aliphatic carbocycles. The zero-order chi connectivity index (χ0) is 90.7. The number of hydrogen-bond donors (Lipinski definition) is 0. The maximum Gasteiger partial charge on any atom is 0.252 e. The summed E-state index contributed by atoms with van der Waals surface area (Å²) >= 11 is 0. The first-order valence-electron chi connectivity index (χ1n) is 46.5. The van der Waals surface area contributed by atoms with E-state index in [4.69, 9.17) is 15.0 Å². The first kappa shape index (κ1) is 67.2. The standard InChI is InChI=1S/C113H99BN8/c1-109(2,3)75-45-55-96-86(61-75)87-62-76(110(4,5)6)46-56-97(87)118(96)80-50-52-91-101(66-80)121(95-54-44-74(70-32-20-16-21-33-70)60-85(95)71-34-22-17-23-35-71)103-68-82(120-93-42-30-28-40-83(93)84-41-29-31-43-94(84)120)69-104-105(103)114(91)92-53-51-81(119-98-57-47-77(111(7,8)9)63-88(98)89-64-78(112(10,11)12)48-58-99(89)119)67-102(92)122(104)100-59-49-79(113(13,14)15)65-90(100)108-116-106(72-36-24-18-25-37-72)115-107(117-108)73-38-26-19-27-39-73/h16-69H,1-15H3/i28D,29D,30D,31D,40D,41D,42D,43D. The molecule has 2 aliphatic heterocycles. The largest absolute Gasteiger partial charge is 0.311 e. The van der Waals surface area contributed by atoms with Gasteiger partial charge < -0.3 is 23.5 Å². The number of hydrogen-bond acceptors (Lipinski definition) is 5. The summed E-state index contributed by atoms with van der Waals surface area (Å²) in [5.41, 5.74) is 24.4. The van der Waals surface area contributed by atoms with Gasteiger partial charge in [-0.05, 0) is 209 Å². The molecule has 9 heteroatoms. The number of benzene rings is 15. The monoisotopic (exact) mass is 1590 g/mol. The molecule has 0 radical (unpaired) electrons. The van der Waals surface area contributed by atoms with E-state index in [2.05, 4.69) is 329 Å². The number of aromatic nitrogens is 6. The summed E-state index contributed by atoms with van der Waals surface area (Å²) in [5.74, 6) is 1.34. The Kier molecular flexibility index (Phi) is 15.4. The van der Waals surface area contributed by atoms with Crippen LogP contribution in [0.4, 0.5) is 34.1 Å². The van der Waals surface area contributed by atoms with Crippen molar-refractivity contribution >= 4 is 123 Å². The predicted molar refractivity (Wildman–Crippen MR) is 518 cm³/mol. The van der Waals surface area contributed by atoms with Gasteiger partial charge in [0, 0.05) is 88.7 Å². The molecule has 0 atom stereocenters. The highest BCUT2D eigenvalue weighted by Gasteiger charge is 2.46. The van der Waals surface area contributed by atoms with Crippen LogP contribution in [0.2, 0.25) is 0 Å². The Hall–Kier alpha value is -13.6. The van der Waals surface area contributed by atoms with E-state index < -0.39 is 60.5 Å². The third-order valence-corrected chi connectivity index (χ3v) is 25.3. The first-order valence-corrected chi connectivity index (χ1v) is 42.5. The highest BCUT2D eigenvalue weighted by molar-refractivity contribution is 7.00. The van der Waals surface area contributed by atoms with E-state index in [-0.39, 0.29) is 43.5 Å². The van der Waals surface area contributed by atoms with Gasteiger partial charge >= 0.3 is 0 Å². The molecule has 122 heavy (non-hydrogen) atoms. The van der Waals surface area contributed by atoms with Crippen molar-refractivity contribution in [3.63, 3.8) is 0 Å². The Morgan fingerprint density at radius 1 is 0.246 bits per heavy atom. The van der Waals surface area contributed by atoms with Crippen LogP contribution in [-0.2, 0) is 27.1 Å². The van der Waals surface area contributed by atoms with Crippen LogP contribution in [0, 0.1) is 0 Å². The van der Waals surface area contributed by atoms with Crippen molar-refractivity contribution < 1.29 is 11.0 Å². The lowest BCUT2D eigenvalue weighted by molar-refractivity contribution is 0.590. The van der Waals surface area contributed by atoms with Crippen LogP contribution in [0.15, 0.2) is 327 Å². The number of rotatable bonds is 10. The van der Waals surface area contributed by atoms with Gasteiger partial charge in [-0.25, -0.2) is 15.0 Å². The van der Waals surface area contributed by atoms with Gasteiger partial charge in [-0.1, -0.05) is 310 Å². The Balaban J connectivity index is 0.969. The molecule has 19 aromatic rings. The molecule has 4 aromatic heterocycles. The number of nitrogens with zero attached hydrogens (tertiary/aromatic N) is 8. The van der Waals surface area contributed by atoms with Crippen LogP contribution in [0.25, 0.3) is 139 Å². The van der Waals surface area contributed by atoms with Crippen molar-refractivity contribution in [3.8, 4) is 73.5 Å². The average Bonchev–Trinajstić information content (AvgIpc) is 1.44. The second-order valence-corrected chi connectivity index (χ2v) is 38.4. The zero-order valence-corrected chi connectivity index (χ0v) is 71.7. The predicted octanol–water partition coefficient (Wildman–Crippen LogP) is 28.1. The molecule has 0 unspecified atom stereocenters. The number of para-hydroxylation sites is 2. The molecule has 0 fully saturated rings. The summed E-state index contributed by atoms with van der Waals surface area (Å²) in [6, 6.07) is 96.6. The molecule has 0 amide bonds. The fourth-order valence-corrected chi connectivity index (χ4v) is 18.7. The first-order chi connectivity index (χ1) is 62.0. The molecule has 15 aromatic carbocycles. The molecule has 0 N–H and O–H groups in total. The van der Waals surface area contributed by atoms with E-state index in [0.717, 1.165) is 127 Å². The van der Waals surface area contributed by atoms with Gasteiger partial charge in [0.2, 0.25) is 0 Å². The fourth-order valence-electron chi connectivity index (χ4n) is 18.7. The second-order valence-electron chi connectivity index (χ2n) is 38.4. The van der Waals surface area contributed by atoms with Crippen LogP contribution < -0.4 is 26.2 Å². The fraction of sp³-hybridized carbons (Fsp3) is 0.177. The lowest BCUT2D eigenvalue weighted by Gasteiger charge is -2.45. The van der Waals surface area contributed by atoms with Gasteiger partial charge in [0.15, 0.2) is 17.5 Å². The molecule has 2 aliphatic rings. The molecule has 0 spiro atoms. The Morgan fingerprint density at radius 2 is 0.582 bits per heavy atom. The number of fused-ring (bicyclic) bond motifs is 13. The van der Waals surface area contributed by atoms with Crippen molar-refractivity contribution in [2.75, 3.05) is 9.80 Å². The van der Waals surface area contributed by atoms with Crippen LogP contribution in [0.3, 0.4) is 0 Å². The minimum Gasteiger partial charge on any atom is -0.311 e. The summed E-state index contributed by atoms with van der Waals surface area (Å²) < 4.78 is 85.5. The van der Waals surface area contributed by atoms with E-state index in [1.165, 1.54) is 22.3 Å². The average molecular weight is 1590 g/mol. The minimum atomic E-state index is -0.608. The van der Waals surface area contributed by atoms with E-state index in [9.17, 15) is 11.0 Å². The maximum atomic E-state index is 10.3. The molecule has 6 heterocycles. The van der Waals surface area contributed by atoms with Gasteiger partial charge in [0.25, 0.3) is 6.71 Å². The van der Waals surface area contributed by atoms with Gasteiger partial charge in [-0.3, -0.25) is 0 Å². The SMILES string of the molecule is [2H]c1c([2H])c([2H])c2c(c1[2H])c1c([2H])c([2H])c([2H])c([2H])c1n2-c1cc2c3c(c1)N(c1ccc(C(C)(C)C)cc1-c1nc(-c4ccccc4)nc(-c4ccccc4)n1)c1cc(-n4c5ccc(C(C)(C)C)cc5c5cc(C(C)(C)C)ccc54)ccc1B3c1ccc(-n3c4ccc(C(C)(C)C)cc4c4cc(C(C)(C)C)ccc43)cc1N2c1ccc(-c2ccccc2)cc1-c1ccccc1. The topological polar surface area (TPSA) is 59.9 Å². The van der Waals surface area contributed by atoms with Gasteiger partial charge in [0.1, 0.15) is 0 Å². The maximum absolute atomic E-state index is 10.3. The molecular formula is C113H99BN8. The zero-order valence-electron chi connectivity index (χ0n) is 79.7. The molecule has 21 rings (SSSR count). The molecule has 0 saturated heterocycles. The summed E-state index contributed by atoms with van der Waals surface area (Å²) in [6.07, 6.45) is 0. The van der Waals surface area contributed by atoms with Crippen molar-refractivity contribution in [1.82, 2.24) is 28.7 Å². The Bertz CT molecular complexity index is 7700. The van der Waals surface area contributed by atoms with Crippen LogP contribution in [0.1, 0.15) is 143 Å². The lowest BCUT2D eigenvalue weighted by Crippen LogP contribution is -2.61. The van der Waals surface area contributed by atoms with Gasteiger partial charge in [-0.2, -0.15) is 0 Å². The van der Waals surface area contributed by atoms with Crippen molar-refractivity contribution in [2.24, 2.45) is 0 Å². The molecular weight excluding hydrogens is 1480 g/mol. The molecule has 8 nitrogen and oxygen atoms in total. The third-order valence-electron chi connectivity index (χ3n) is 25.3. The normalized spacial score (nSPS) is 14.1. The number of anilines is 6. The van der Waals surface area contributed by atoms with E-state index in [0.29, 0.717) is 45.8 Å². The van der Waals surface area contributed by atoms with Crippen molar-refractivity contribution in [1.29, 1.82) is 0 Å². The summed E-state index contributed by atoms with van der Waals surface area (Å²) in [4.78, 5) is 21.4. The molecule has 0 saturated carbocycles. The minimum absolute atomic E-state index is 0.0162. The Morgan fingerprint density at radius 3 is 0.992 bits per heavy atom. The van der Waals surface area contributed by atoms with Crippen LogP contribution in [-0.4, -0.2) is 35.4 Å². The molecule has 0 bridgehead atoms. The van der Waals surface area contributed by atoms with E-state index >= 15 is 0 Å². The highest BCUT2D eigenvalue weighted by atomic mass is 15.2.